The smallest absolute Gasteiger partial charge is 0.333 e. The van der Waals surface area contributed by atoms with Crippen molar-refractivity contribution in [3.05, 3.63) is 15.8 Å². The second-order valence-corrected chi connectivity index (χ2v) is 3.24. The summed E-state index contributed by atoms with van der Waals surface area (Å²) in [7, 11) is 0. The van der Waals surface area contributed by atoms with E-state index in [1.54, 1.807) is 11.6 Å². The van der Waals surface area contributed by atoms with Crippen molar-refractivity contribution in [2.75, 3.05) is 11.9 Å². The predicted molar refractivity (Wildman–Crippen MR) is 61.2 cm³/mol. The highest BCUT2D eigenvalue weighted by molar-refractivity contribution is 5.59. The summed E-state index contributed by atoms with van der Waals surface area (Å²) in [6.07, 6.45) is 5.64. The molecule has 1 rings (SSSR count). The Balaban J connectivity index is 3.02. The summed E-state index contributed by atoms with van der Waals surface area (Å²) >= 11 is 0. The third kappa shape index (κ3) is 2.31. The molecule has 1 aromatic rings. The van der Waals surface area contributed by atoms with Crippen molar-refractivity contribution in [2.24, 2.45) is 0 Å². The zero-order valence-electron chi connectivity index (χ0n) is 9.36. The van der Waals surface area contributed by atoms with Gasteiger partial charge >= 0.3 is 5.69 Å². The van der Waals surface area contributed by atoms with E-state index in [1.165, 1.54) is 0 Å². The van der Waals surface area contributed by atoms with Crippen molar-refractivity contribution in [1.82, 2.24) is 9.78 Å². The Morgan fingerprint density at radius 3 is 2.88 bits per heavy atom. The third-order valence-corrected chi connectivity index (χ3v) is 2.14. The lowest BCUT2D eigenvalue weighted by atomic mass is 10.3. The van der Waals surface area contributed by atoms with Gasteiger partial charge in [0.15, 0.2) is 0 Å². The summed E-state index contributed by atoms with van der Waals surface area (Å²) in [5, 5.41) is 17.9. The number of aryl methyl sites for hydroxylation is 2. The molecule has 0 atom stereocenters. The first kappa shape index (κ1) is 12.0. The number of terminal acetylenes is 1. The fraction of sp³-hybridized carbons (Fsp3) is 0.500. The van der Waals surface area contributed by atoms with E-state index in [2.05, 4.69) is 16.3 Å². The molecule has 0 amide bonds. The molecule has 0 aliphatic rings. The normalized spacial score (nSPS) is 9.81. The molecule has 0 aromatic carbocycles. The topological polar surface area (TPSA) is 73.0 Å². The Hall–Kier alpha value is -2.03. The van der Waals surface area contributed by atoms with E-state index in [0.29, 0.717) is 31.0 Å². The first-order valence-electron chi connectivity index (χ1n) is 5.01. The van der Waals surface area contributed by atoms with E-state index >= 15 is 0 Å². The molecule has 16 heavy (non-hydrogen) atoms. The maximum absolute atomic E-state index is 10.9. The molecular weight excluding hydrogens is 208 g/mol. The van der Waals surface area contributed by atoms with Crippen LogP contribution in [0.4, 0.5) is 11.5 Å². The van der Waals surface area contributed by atoms with E-state index in [9.17, 15) is 10.1 Å². The van der Waals surface area contributed by atoms with Gasteiger partial charge in [0.25, 0.3) is 0 Å². The van der Waals surface area contributed by atoms with Gasteiger partial charge in [0, 0.05) is 19.5 Å². The van der Waals surface area contributed by atoms with Gasteiger partial charge in [-0.25, -0.2) is 4.68 Å². The second-order valence-electron chi connectivity index (χ2n) is 3.24. The SMILES string of the molecule is C#CCCNc1c([N+](=O)[O-])c(C)nn1CC. The minimum atomic E-state index is -0.424. The Kier molecular flexibility index (Phi) is 3.89. The highest BCUT2D eigenvalue weighted by Gasteiger charge is 2.24. The van der Waals surface area contributed by atoms with Crippen LogP contribution in [0.2, 0.25) is 0 Å². The molecule has 0 aliphatic heterocycles. The fourth-order valence-corrected chi connectivity index (χ4v) is 1.45. The third-order valence-electron chi connectivity index (χ3n) is 2.14. The Morgan fingerprint density at radius 1 is 1.69 bits per heavy atom. The van der Waals surface area contributed by atoms with Gasteiger partial charge in [-0.05, 0) is 13.8 Å². The van der Waals surface area contributed by atoms with Crippen molar-refractivity contribution in [1.29, 1.82) is 0 Å². The number of nitro groups is 1. The van der Waals surface area contributed by atoms with Crippen molar-refractivity contribution in [3.63, 3.8) is 0 Å². The Bertz CT molecular complexity index is 431. The average molecular weight is 222 g/mol. The van der Waals surface area contributed by atoms with Crippen LogP contribution in [0.3, 0.4) is 0 Å². The molecule has 0 saturated carbocycles. The van der Waals surface area contributed by atoms with Crippen LogP contribution in [0.5, 0.6) is 0 Å². The number of hydrogen-bond donors (Lipinski definition) is 1. The van der Waals surface area contributed by atoms with Gasteiger partial charge in [0.1, 0.15) is 5.69 Å². The van der Waals surface area contributed by atoms with Crippen LogP contribution >= 0.6 is 0 Å². The molecular formula is C10H14N4O2. The average Bonchev–Trinajstić information content (AvgIpc) is 2.55. The quantitative estimate of drug-likeness (QED) is 0.355. The molecule has 0 saturated heterocycles. The van der Waals surface area contributed by atoms with Crippen molar-refractivity contribution in [3.8, 4) is 12.3 Å². The molecule has 6 heteroatoms. The van der Waals surface area contributed by atoms with Crippen LogP contribution < -0.4 is 5.32 Å². The molecule has 0 unspecified atom stereocenters. The molecule has 86 valence electrons. The van der Waals surface area contributed by atoms with Crippen LogP contribution in [0.1, 0.15) is 19.0 Å². The maximum Gasteiger partial charge on any atom is 0.333 e. The van der Waals surface area contributed by atoms with E-state index in [4.69, 9.17) is 6.42 Å². The molecule has 0 spiro atoms. The number of aromatic nitrogens is 2. The van der Waals surface area contributed by atoms with Crippen LogP contribution in [0.25, 0.3) is 0 Å². The molecule has 0 radical (unpaired) electrons. The summed E-state index contributed by atoms with van der Waals surface area (Å²) in [6.45, 7) is 4.58. The number of nitrogens with zero attached hydrogens (tertiary/aromatic N) is 3. The zero-order valence-corrected chi connectivity index (χ0v) is 9.36. The molecule has 0 bridgehead atoms. The number of anilines is 1. The molecule has 6 nitrogen and oxygen atoms in total. The summed E-state index contributed by atoms with van der Waals surface area (Å²) in [5.74, 6) is 2.90. The Labute approximate surface area is 93.8 Å². The van der Waals surface area contributed by atoms with Gasteiger partial charge in [0.2, 0.25) is 5.82 Å². The predicted octanol–water partition coefficient (Wildman–Crippen LogP) is 1.55. The highest BCUT2D eigenvalue weighted by atomic mass is 16.6. The lowest BCUT2D eigenvalue weighted by molar-refractivity contribution is -0.384. The standard InChI is InChI=1S/C10H14N4O2/c1-4-6-7-11-10-9(14(15)16)8(3)12-13(10)5-2/h1,11H,5-7H2,2-3H3. The van der Waals surface area contributed by atoms with E-state index in [1.807, 2.05) is 6.92 Å². The maximum atomic E-state index is 10.9. The highest BCUT2D eigenvalue weighted by Crippen LogP contribution is 2.27. The van der Waals surface area contributed by atoms with E-state index in [-0.39, 0.29) is 5.69 Å². The van der Waals surface area contributed by atoms with Gasteiger partial charge in [-0.15, -0.1) is 12.3 Å². The van der Waals surface area contributed by atoms with Gasteiger partial charge in [-0.2, -0.15) is 5.10 Å². The summed E-state index contributed by atoms with van der Waals surface area (Å²) in [5.41, 5.74) is 0.439. The molecule has 1 aromatic heterocycles. The minimum absolute atomic E-state index is 0.0267. The number of rotatable bonds is 5. The van der Waals surface area contributed by atoms with Crippen LogP contribution in [-0.2, 0) is 6.54 Å². The number of hydrogen-bond acceptors (Lipinski definition) is 4. The fourth-order valence-electron chi connectivity index (χ4n) is 1.45. The second kappa shape index (κ2) is 5.16. The van der Waals surface area contributed by atoms with Crippen molar-refractivity contribution < 1.29 is 4.92 Å². The lowest BCUT2D eigenvalue weighted by Crippen LogP contribution is -2.09. The summed E-state index contributed by atoms with van der Waals surface area (Å²) in [6, 6.07) is 0. The summed E-state index contributed by atoms with van der Waals surface area (Å²) in [4.78, 5) is 10.5. The van der Waals surface area contributed by atoms with Crippen LogP contribution in [0.15, 0.2) is 0 Å². The lowest BCUT2D eigenvalue weighted by Gasteiger charge is -2.05. The van der Waals surface area contributed by atoms with E-state index < -0.39 is 4.92 Å². The van der Waals surface area contributed by atoms with Crippen LogP contribution in [0, 0.1) is 29.4 Å². The first-order valence-corrected chi connectivity index (χ1v) is 5.01. The van der Waals surface area contributed by atoms with Gasteiger partial charge in [-0.1, -0.05) is 0 Å². The molecule has 1 heterocycles. The van der Waals surface area contributed by atoms with Crippen molar-refractivity contribution >= 4 is 11.5 Å². The zero-order chi connectivity index (χ0) is 12.1. The van der Waals surface area contributed by atoms with Crippen molar-refractivity contribution in [2.45, 2.75) is 26.8 Å². The molecule has 0 fully saturated rings. The van der Waals surface area contributed by atoms with Crippen LogP contribution in [-0.4, -0.2) is 21.2 Å². The summed E-state index contributed by atoms with van der Waals surface area (Å²) < 4.78 is 1.57. The van der Waals surface area contributed by atoms with E-state index in [0.717, 1.165) is 0 Å². The van der Waals surface area contributed by atoms with Gasteiger partial charge in [0.05, 0.1) is 4.92 Å². The molecule has 0 aliphatic carbocycles. The largest absolute Gasteiger partial charge is 0.364 e. The monoisotopic (exact) mass is 222 g/mol. The van der Waals surface area contributed by atoms with Gasteiger partial charge in [-0.3, -0.25) is 10.1 Å². The molecule has 1 N–H and O–H groups in total. The Morgan fingerprint density at radius 2 is 2.38 bits per heavy atom. The minimum Gasteiger partial charge on any atom is -0.364 e. The number of nitrogens with one attached hydrogen (secondary N) is 1. The van der Waals surface area contributed by atoms with Gasteiger partial charge < -0.3 is 5.32 Å². The first-order chi connectivity index (χ1) is 7.61.